The molecule has 1 rings (SSSR count). The first-order valence-electron chi connectivity index (χ1n) is 5.76. The average molecular weight is 309 g/mol. The van der Waals surface area contributed by atoms with Crippen LogP contribution in [0.1, 0.15) is 20.3 Å². The molecule has 0 unspecified atom stereocenters. The Balaban J connectivity index is 2.88. The van der Waals surface area contributed by atoms with Gasteiger partial charge in [0.05, 0.1) is 17.1 Å². The van der Waals surface area contributed by atoms with E-state index in [1.54, 1.807) is 13.8 Å². The van der Waals surface area contributed by atoms with Gasteiger partial charge in [0, 0.05) is 13.5 Å². The summed E-state index contributed by atoms with van der Waals surface area (Å²) in [6.07, 6.45) is 0.402. The van der Waals surface area contributed by atoms with E-state index in [4.69, 9.17) is 14.6 Å². The highest BCUT2D eigenvalue weighted by Gasteiger charge is 2.20. The van der Waals surface area contributed by atoms with Gasteiger partial charge in [-0.25, -0.2) is 22.3 Å². The number of sulfonamides is 1. The summed E-state index contributed by atoms with van der Waals surface area (Å²) in [5.41, 5.74) is -0.493. The minimum Gasteiger partial charge on any atom is -0.487 e. The van der Waals surface area contributed by atoms with E-state index >= 15 is 0 Å². The summed E-state index contributed by atoms with van der Waals surface area (Å²) >= 11 is 0. The van der Waals surface area contributed by atoms with Crippen molar-refractivity contribution in [2.45, 2.75) is 30.8 Å². The molecule has 0 saturated carbocycles. The minimum atomic E-state index is -4.17. The van der Waals surface area contributed by atoms with Crippen molar-refractivity contribution >= 4 is 10.0 Å². The monoisotopic (exact) mass is 309 g/mol. The van der Waals surface area contributed by atoms with Crippen LogP contribution >= 0.6 is 0 Å². The zero-order chi connectivity index (χ0) is 15.6. The van der Waals surface area contributed by atoms with Crippen LogP contribution in [0.25, 0.3) is 0 Å². The highest BCUT2D eigenvalue weighted by atomic mass is 32.2. The molecule has 114 valence electrons. The Hall–Kier alpha value is -1.25. The highest BCUT2D eigenvalue weighted by Crippen LogP contribution is 2.25. The van der Waals surface area contributed by atoms with E-state index < -0.39 is 37.9 Å². The lowest BCUT2D eigenvalue weighted by Gasteiger charge is -2.22. The topological polar surface area (TPSA) is 78.6 Å². The van der Waals surface area contributed by atoms with E-state index in [9.17, 15) is 17.2 Å². The molecule has 0 fully saturated rings. The molecule has 0 heterocycles. The number of nitrogens with two attached hydrogens (primary N) is 1. The van der Waals surface area contributed by atoms with Crippen LogP contribution in [0.3, 0.4) is 0 Å². The first kappa shape index (κ1) is 16.8. The molecule has 0 spiro atoms. The third-order valence-corrected chi connectivity index (χ3v) is 3.70. The fourth-order valence-electron chi connectivity index (χ4n) is 1.34. The van der Waals surface area contributed by atoms with Crippen LogP contribution < -0.4 is 9.88 Å². The maximum absolute atomic E-state index is 13.6. The SMILES string of the molecule is COC(C)(C)CCOc1c(F)cc(S(N)(=O)=O)cc1F. The van der Waals surface area contributed by atoms with Gasteiger partial charge >= 0.3 is 0 Å². The largest absolute Gasteiger partial charge is 0.487 e. The van der Waals surface area contributed by atoms with E-state index in [1.165, 1.54) is 7.11 Å². The normalized spacial score (nSPS) is 12.5. The van der Waals surface area contributed by atoms with Gasteiger partial charge in [-0.05, 0) is 26.0 Å². The molecule has 0 aliphatic rings. The van der Waals surface area contributed by atoms with Gasteiger partial charge in [-0.2, -0.15) is 0 Å². The number of primary sulfonamides is 1. The standard InChI is InChI=1S/C12H17F2NO4S/c1-12(2,18-3)4-5-19-11-9(13)6-8(7-10(11)14)20(15,16)17/h6-7H,4-5H2,1-3H3,(H2,15,16,17). The van der Waals surface area contributed by atoms with E-state index in [0.717, 1.165) is 0 Å². The zero-order valence-corrected chi connectivity index (χ0v) is 12.3. The highest BCUT2D eigenvalue weighted by molar-refractivity contribution is 7.89. The predicted molar refractivity (Wildman–Crippen MR) is 68.9 cm³/mol. The Morgan fingerprint density at radius 2 is 1.75 bits per heavy atom. The molecule has 8 heteroatoms. The van der Waals surface area contributed by atoms with Gasteiger partial charge in [-0.15, -0.1) is 0 Å². The van der Waals surface area contributed by atoms with Gasteiger partial charge in [0.15, 0.2) is 17.4 Å². The van der Waals surface area contributed by atoms with Crippen LogP contribution in [-0.4, -0.2) is 27.7 Å². The molecule has 1 aromatic rings. The van der Waals surface area contributed by atoms with Gasteiger partial charge in [-0.1, -0.05) is 0 Å². The molecule has 2 N–H and O–H groups in total. The maximum atomic E-state index is 13.6. The molecule has 0 aliphatic heterocycles. The van der Waals surface area contributed by atoms with Crippen LogP contribution in [0.4, 0.5) is 8.78 Å². The first-order valence-corrected chi connectivity index (χ1v) is 7.31. The predicted octanol–water partition coefficient (Wildman–Crippen LogP) is 1.81. The Morgan fingerprint density at radius 3 is 2.15 bits per heavy atom. The van der Waals surface area contributed by atoms with Crippen LogP contribution in [-0.2, 0) is 14.8 Å². The number of ether oxygens (including phenoxy) is 2. The van der Waals surface area contributed by atoms with Crippen molar-refractivity contribution in [3.05, 3.63) is 23.8 Å². The first-order chi connectivity index (χ1) is 9.07. The number of benzene rings is 1. The second-order valence-corrected chi connectivity index (χ2v) is 6.38. The molecule has 0 amide bonds. The number of halogens is 2. The van der Waals surface area contributed by atoms with Crippen molar-refractivity contribution in [3.8, 4) is 5.75 Å². The zero-order valence-electron chi connectivity index (χ0n) is 11.4. The molecule has 0 saturated heterocycles. The fourth-order valence-corrected chi connectivity index (χ4v) is 1.88. The summed E-state index contributed by atoms with van der Waals surface area (Å²) in [4.78, 5) is -0.642. The van der Waals surface area contributed by atoms with Crippen LogP contribution in [0.2, 0.25) is 0 Å². The van der Waals surface area contributed by atoms with Gasteiger partial charge in [0.25, 0.3) is 0 Å². The minimum absolute atomic E-state index is 0.0173. The van der Waals surface area contributed by atoms with E-state index in [2.05, 4.69) is 0 Å². The lowest BCUT2D eigenvalue weighted by Crippen LogP contribution is -2.25. The van der Waals surface area contributed by atoms with Gasteiger partial charge in [-0.3, -0.25) is 0 Å². The van der Waals surface area contributed by atoms with Crippen molar-refractivity contribution in [1.82, 2.24) is 0 Å². The second-order valence-electron chi connectivity index (χ2n) is 4.82. The van der Waals surface area contributed by atoms with E-state index in [-0.39, 0.29) is 6.61 Å². The van der Waals surface area contributed by atoms with Crippen molar-refractivity contribution in [3.63, 3.8) is 0 Å². The molecule has 5 nitrogen and oxygen atoms in total. The summed E-state index contributed by atoms with van der Waals surface area (Å²) in [5.74, 6) is -2.88. The number of hydrogen-bond acceptors (Lipinski definition) is 4. The van der Waals surface area contributed by atoms with Crippen molar-refractivity contribution < 1.29 is 26.7 Å². The number of hydrogen-bond donors (Lipinski definition) is 1. The quantitative estimate of drug-likeness (QED) is 0.869. The molecular weight excluding hydrogens is 292 g/mol. The molecule has 0 bridgehead atoms. The molecular formula is C12H17F2NO4S. The Kier molecular flexibility index (Phi) is 5.06. The summed E-state index contributed by atoms with van der Waals surface area (Å²) in [6, 6.07) is 1.24. The van der Waals surface area contributed by atoms with Gasteiger partial charge < -0.3 is 9.47 Å². The smallest absolute Gasteiger partial charge is 0.238 e. The molecule has 0 radical (unpaired) electrons. The second kappa shape index (κ2) is 6.02. The summed E-state index contributed by atoms with van der Waals surface area (Å²) in [5, 5.41) is 4.80. The lowest BCUT2D eigenvalue weighted by molar-refractivity contribution is 0.00477. The van der Waals surface area contributed by atoms with Crippen molar-refractivity contribution in [2.75, 3.05) is 13.7 Å². The third-order valence-electron chi connectivity index (χ3n) is 2.80. The molecule has 20 heavy (non-hydrogen) atoms. The van der Waals surface area contributed by atoms with Crippen LogP contribution in [0.5, 0.6) is 5.75 Å². The molecule has 0 atom stereocenters. The Morgan fingerprint density at radius 1 is 1.25 bits per heavy atom. The maximum Gasteiger partial charge on any atom is 0.238 e. The average Bonchev–Trinajstić information content (AvgIpc) is 2.31. The van der Waals surface area contributed by atoms with Crippen LogP contribution in [0, 0.1) is 11.6 Å². The molecule has 1 aromatic carbocycles. The summed E-state index contributed by atoms with van der Waals surface area (Å²) in [6.45, 7) is 3.61. The van der Waals surface area contributed by atoms with Crippen LogP contribution in [0.15, 0.2) is 17.0 Å². The van der Waals surface area contributed by atoms with E-state index in [1.807, 2.05) is 0 Å². The van der Waals surface area contributed by atoms with E-state index in [0.29, 0.717) is 18.6 Å². The van der Waals surface area contributed by atoms with Crippen molar-refractivity contribution in [2.24, 2.45) is 5.14 Å². The third kappa shape index (κ3) is 4.39. The Labute approximate surface area is 116 Å². The summed E-state index contributed by atoms with van der Waals surface area (Å²) < 4.78 is 59.4. The Bertz CT molecular complexity index is 564. The van der Waals surface area contributed by atoms with Gasteiger partial charge in [0.2, 0.25) is 10.0 Å². The lowest BCUT2D eigenvalue weighted by atomic mass is 10.1. The summed E-state index contributed by atoms with van der Waals surface area (Å²) in [7, 11) is -2.65. The molecule has 0 aromatic heterocycles. The van der Waals surface area contributed by atoms with Gasteiger partial charge in [0.1, 0.15) is 0 Å². The number of rotatable bonds is 6. The molecule has 0 aliphatic carbocycles. The number of methoxy groups -OCH3 is 1. The van der Waals surface area contributed by atoms with Crippen molar-refractivity contribution in [1.29, 1.82) is 0 Å². The fraction of sp³-hybridized carbons (Fsp3) is 0.500.